The van der Waals surface area contributed by atoms with Crippen molar-refractivity contribution in [3.63, 3.8) is 0 Å². The van der Waals surface area contributed by atoms with Gasteiger partial charge in [-0.2, -0.15) is 0 Å². The SMILES string of the molecule is C[C@@H](Oc1ccc(NPI)c(C(=N)c2cnc(N3CC(C)(O)C3)c(F)c2)c1)c1c(Cl)cncc1Cl. The second kappa shape index (κ2) is 10.7. The van der Waals surface area contributed by atoms with Crippen LogP contribution in [-0.4, -0.2) is 39.5 Å². The predicted molar refractivity (Wildman–Crippen MR) is 149 cm³/mol. The van der Waals surface area contributed by atoms with E-state index in [9.17, 15) is 9.50 Å². The zero-order valence-corrected chi connectivity index (χ0v) is 23.4. The Morgan fingerprint density at radius 3 is 2.57 bits per heavy atom. The summed E-state index contributed by atoms with van der Waals surface area (Å²) >= 11 is 14.7. The summed E-state index contributed by atoms with van der Waals surface area (Å²) in [7, 11) is 0. The maximum absolute atomic E-state index is 14.9. The van der Waals surface area contributed by atoms with E-state index in [1.807, 2.05) is 13.0 Å². The Morgan fingerprint density at radius 2 is 1.97 bits per heavy atom. The number of benzene rings is 1. The number of hydrogen-bond donors (Lipinski definition) is 3. The van der Waals surface area contributed by atoms with Crippen molar-refractivity contribution in [2.75, 3.05) is 23.1 Å². The molecule has 3 heterocycles. The molecule has 2 aromatic heterocycles. The molecule has 1 aliphatic heterocycles. The van der Waals surface area contributed by atoms with E-state index in [0.717, 1.165) is 0 Å². The smallest absolute Gasteiger partial charge is 0.166 e. The highest BCUT2D eigenvalue weighted by Crippen LogP contribution is 2.36. The first-order valence-corrected chi connectivity index (χ1v) is 15.4. The first-order valence-electron chi connectivity index (χ1n) is 10.5. The summed E-state index contributed by atoms with van der Waals surface area (Å²) < 4.78 is 21.0. The second-order valence-corrected chi connectivity index (χ2v) is 11.3. The van der Waals surface area contributed by atoms with Gasteiger partial charge in [-0.1, -0.05) is 23.2 Å². The molecule has 1 aromatic carbocycles. The van der Waals surface area contributed by atoms with Crippen LogP contribution in [0.2, 0.25) is 10.0 Å². The standard InChI is InChI=1S/C23H22Cl2FIN5O2P/c1-12(20-16(24)8-29-9-17(20)25)34-14-3-4-19(31-35-27)15(6-14)21(28)13-5-18(26)22(30-7-13)32-10-23(2,33)11-32/h3-9,12,28,31,33,35H,10-11H2,1-2H3/t12-/m1/s1. The van der Waals surface area contributed by atoms with Gasteiger partial charge in [0.15, 0.2) is 11.6 Å². The minimum atomic E-state index is -0.845. The van der Waals surface area contributed by atoms with Gasteiger partial charge in [0.1, 0.15) is 11.9 Å². The number of hydrogen-bond acceptors (Lipinski definition) is 7. The predicted octanol–water partition coefficient (Wildman–Crippen LogP) is 6.41. The maximum atomic E-state index is 14.9. The van der Waals surface area contributed by atoms with Crippen molar-refractivity contribution in [3.05, 3.63) is 75.4 Å². The van der Waals surface area contributed by atoms with Crippen LogP contribution < -0.4 is 14.7 Å². The molecule has 0 aliphatic carbocycles. The molecule has 3 N–H and O–H groups in total. The molecule has 0 spiro atoms. The average Bonchev–Trinajstić information content (AvgIpc) is 2.78. The molecule has 2 atom stereocenters. The first kappa shape index (κ1) is 26.3. The molecule has 184 valence electrons. The number of rotatable bonds is 8. The lowest BCUT2D eigenvalue weighted by atomic mass is 9.96. The number of nitrogens with zero attached hydrogens (tertiary/aromatic N) is 3. The lowest BCUT2D eigenvalue weighted by Crippen LogP contribution is -2.60. The zero-order valence-electron chi connectivity index (χ0n) is 18.7. The van der Waals surface area contributed by atoms with Crippen LogP contribution in [0.25, 0.3) is 0 Å². The van der Waals surface area contributed by atoms with Crippen LogP contribution in [0.3, 0.4) is 0 Å². The van der Waals surface area contributed by atoms with Crippen LogP contribution in [-0.2, 0) is 0 Å². The first-order chi connectivity index (χ1) is 16.6. The van der Waals surface area contributed by atoms with Gasteiger partial charge in [-0.25, -0.2) is 9.37 Å². The van der Waals surface area contributed by atoms with E-state index in [1.54, 1.807) is 24.0 Å². The molecule has 1 unspecified atom stereocenters. The summed E-state index contributed by atoms with van der Waals surface area (Å²) in [5.74, 6) is 0.115. The fraction of sp³-hybridized carbons (Fsp3) is 0.261. The maximum Gasteiger partial charge on any atom is 0.166 e. The number of ether oxygens (including phenoxy) is 1. The zero-order chi connectivity index (χ0) is 25.3. The van der Waals surface area contributed by atoms with E-state index in [-0.39, 0.29) is 11.5 Å². The van der Waals surface area contributed by atoms with Crippen LogP contribution in [0.5, 0.6) is 5.75 Å². The lowest BCUT2D eigenvalue weighted by Gasteiger charge is -2.44. The number of aliphatic hydroxyl groups is 1. The molecule has 1 aliphatic rings. The number of aromatic nitrogens is 2. The molecule has 7 nitrogen and oxygen atoms in total. The summed E-state index contributed by atoms with van der Waals surface area (Å²) in [5, 5.41) is 22.8. The number of halogens is 4. The number of anilines is 2. The summed E-state index contributed by atoms with van der Waals surface area (Å²) in [6, 6.07) is 6.61. The third kappa shape index (κ3) is 5.80. The highest BCUT2D eigenvalue weighted by molar-refractivity contribution is 14.2. The summed E-state index contributed by atoms with van der Waals surface area (Å²) in [4.78, 5) is 9.86. The molecule has 3 aromatic rings. The molecule has 35 heavy (non-hydrogen) atoms. The molecular formula is C23H22Cl2FIN5O2P. The average molecular weight is 648 g/mol. The summed E-state index contributed by atoms with van der Waals surface area (Å²) in [5.41, 5.74) is 1.43. The van der Waals surface area contributed by atoms with E-state index in [1.165, 1.54) is 24.7 Å². The van der Waals surface area contributed by atoms with Crippen molar-refractivity contribution < 1.29 is 14.2 Å². The van der Waals surface area contributed by atoms with Gasteiger partial charge < -0.3 is 19.8 Å². The van der Waals surface area contributed by atoms with Crippen molar-refractivity contribution in [2.24, 2.45) is 0 Å². The third-order valence-corrected chi connectivity index (χ3v) is 7.30. The van der Waals surface area contributed by atoms with Crippen molar-refractivity contribution in [1.29, 1.82) is 5.41 Å². The van der Waals surface area contributed by atoms with Crippen molar-refractivity contribution >= 4 is 68.8 Å². The van der Waals surface area contributed by atoms with Crippen molar-refractivity contribution in [3.8, 4) is 5.75 Å². The minimum absolute atomic E-state index is 0.0915. The monoisotopic (exact) mass is 647 g/mol. The van der Waals surface area contributed by atoms with Crippen LogP contribution in [0, 0.1) is 11.2 Å². The van der Waals surface area contributed by atoms with Gasteiger partial charge in [-0.3, -0.25) is 10.4 Å². The van der Waals surface area contributed by atoms with Crippen LogP contribution in [0.15, 0.2) is 42.9 Å². The number of β-amino-alcohol motifs (C(OH)–C–C–N with tert-alkyl or cyclic N) is 1. The Labute approximate surface area is 227 Å². The Balaban J connectivity index is 1.61. The Bertz CT molecular complexity index is 1250. The molecule has 1 fully saturated rings. The number of pyridine rings is 2. The molecule has 4 rings (SSSR count). The molecule has 12 heteroatoms. The minimum Gasteiger partial charge on any atom is -0.486 e. The van der Waals surface area contributed by atoms with Gasteiger partial charge in [0.2, 0.25) is 0 Å². The number of nitrogens with one attached hydrogen (secondary N) is 2. The van der Waals surface area contributed by atoms with E-state index in [2.05, 4.69) is 37.1 Å². The normalized spacial score (nSPS) is 15.7. The van der Waals surface area contributed by atoms with Gasteiger partial charge in [-0.15, -0.1) is 0 Å². The molecular weight excluding hydrogens is 626 g/mol. The van der Waals surface area contributed by atoms with Crippen LogP contribution in [0.1, 0.15) is 36.6 Å². The molecule has 0 radical (unpaired) electrons. The third-order valence-electron chi connectivity index (χ3n) is 5.52. The fourth-order valence-electron chi connectivity index (χ4n) is 3.92. The highest BCUT2D eigenvalue weighted by Gasteiger charge is 2.38. The van der Waals surface area contributed by atoms with Gasteiger partial charge >= 0.3 is 0 Å². The highest BCUT2D eigenvalue weighted by atomic mass is 127. The summed E-state index contributed by atoms with van der Waals surface area (Å²) in [6.07, 6.45) is 4.37. The quantitative estimate of drug-likeness (QED) is 0.149. The van der Waals surface area contributed by atoms with E-state index >= 15 is 0 Å². The molecule has 0 saturated carbocycles. The second-order valence-electron chi connectivity index (χ2n) is 8.46. The Kier molecular flexibility index (Phi) is 8.02. The van der Waals surface area contributed by atoms with Gasteiger partial charge in [0.25, 0.3) is 0 Å². The lowest BCUT2D eigenvalue weighted by molar-refractivity contribution is 0.0301. The van der Waals surface area contributed by atoms with Crippen LogP contribution >= 0.6 is 51.6 Å². The van der Waals surface area contributed by atoms with E-state index in [4.69, 9.17) is 33.3 Å². The molecule has 0 amide bonds. The van der Waals surface area contributed by atoms with E-state index < -0.39 is 17.5 Å². The fourth-order valence-corrected chi connectivity index (χ4v) is 5.78. The Morgan fingerprint density at radius 1 is 1.29 bits per heavy atom. The Hall–Kier alpha value is -1.78. The topological polar surface area (TPSA) is 94.4 Å². The van der Waals surface area contributed by atoms with Crippen molar-refractivity contribution in [1.82, 2.24) is 9.97 Å². The molecule has 1 saturated heterocycles. The summed E-state index contributed by atoms with van der Waals surface area (Å²) in [6.45, 7) is 4.13. The van der Waals surface area contributed by atoms with Gasteiger partial charge in [0, 0.05) is 60.4 Å². The largest absolute Gasteiger partial charge is 0.486 e. The van der Waals surface area contributed by atoms with Crippen LogP contribution in [0.4, 0.5) is 15.9 Å². The van der Waals surface area contributed by atoms with Gasteiger partial charge in [-0.05, 0) is 60.2 Å². The van der Waals surface area contributed by atoms with E-state index in [0.29, 0.717) is 57.6 Å². The molecule has 0 bridgehead atoms. The van der Waals surface area contributed by atoms with Gasteiger partial charge in [0.05, 0.1) is 21.4 Å². The van der Waals surface area contributed by atoms with Crippen molar-refractivity contribution in [2.45, 2.75) is 25.6 Å².